The maximum absolute atomic E-state index is 12.1. The zero-order valence-corrected chi connectivity index (χ0v) is 14.5. The largest absolute Gasteiger partial charge is 0.366 e. The van der Waals surface area contributed by atoms with E-state index >= 15 is 0 Å². The molecule has 0 aliphatic carbocycles. The highest BCUT2D eigenvalue weighted by Crippen LogP contribution is 2.33. The Morgan fingerprint density at radius 2 is 1.62 bits per heavy atom. The second-order valence-corrected chi connectivity index (χ2v) is 6.30. The van der Waals surface area contributed by atoms with Crippen molar-refractivity contribution in [2.45, 2.75) is 20.4 Å². The number of carbonyl (C=O) groups excluding carboxylic acids is 1. The molecule has 0 aliphatic rings. The Balaban J connectivity index is 2.16. The average molecular weight is 339 g/mol. The number of primary amides is 1. The number of hydrogen-bond donors (Lipinski definition) is 1. The number of nitrogens with zero attached hydrogens (tertiary/aromatic N) is 1. The minimum Gasteiger partial charge on any atom is -0.366 e. The fourth-order valence-electron chi connectivity index (χ4n) is 3.16. The number of hydrogen-bond acceptors (Lipinski definition) is 1. The summed E-state index contributed by atoms with van der Waals surface area (Å²) in [6.45, 7) is 4.66. The van der Waals surface area contributed by atoms with Crippen LogP contribution in [0, 0.1) is 13.8 Å². The molecule has 122 valence electrons. The molecule has 0 spiro atoms. The van der Waals surface area contributed by atoms with Crippen molar-refractivity contribution in [3.05, 3.63) is 82.1 Å². The Kier molecular flexibility index (Phi) is 4.45. The molecule has 0 saturated carbocycles. The number of amides is 1. The topological polar surface area (TPSA) is 48.0 Å². The number of carbonyl (C=O) groups is 1. The first-order valence-electron chi connectivity index (χ1n) is 7.78. The molecule has 4 heteroatoms. The van der Waals surface area contributed by atoms with E-state index in [0.717, 1.165) is 22.5 Å². The van der Waals surface area contributed by atoms with Crippen LogP contribution < -0.4 is 5.73 Å². The van der Waals surface area contributed by atoms with Crippen LogP contribution in [0.3, 0.4) is 0 Å². The van der Waals surface area contributed by atoms with E-state index in [1.165, 1.54) is 5.56 Å². The standard InChI is InChI=1S/C20H19ClN2O/c1-13-18(16-8-10-17(21)11-9-16)19(20(22)24)14(2)23(13)12-15-6-4-3-5-7-15/h3-11H,12H2,1-2H3,(H2,22,24). The van der Waals surface area contributed by atoms with Gasteiger partial charge in [0.05, 0.1) is 5.56 Å². The molecular formula is C20H19ClN2O. The molecule has 0 unspecified atom stereocenters. The third kappa shape index (κ3) is 2.95. The van der Waals surface area contributed by atoms with Gasteiger partial charge < -0.3 is 10.3 Å². The Hall–Kier alpha value is -2.52. The van der Waals surface area contributed by atoms with Crippen molar-refractivity contribution in [2.75, 3.05) is 0 Å². The van der Waals surface area contributed by atoms with E-state index in [-0.39, 0.29) is 0 Å². The Labute approximate surface area is 146 Å². The summed E-state index contributed by atoms with van der Waals surface area (Å²) in [6.07, 6.45) is 0. The molecule has 0 radical (unpaired) electrons. The van der Waals surface area contributed by atoms with E-state index in [9.17, 15) is 4.79 Å². The van der Waals surface area contributed by atoms with E-state index in [4.69, 9.17) is 17.3 Å². The van der Waals surface area contributed by atoms with Crippen LogP contribution in [0.15, 0.2) is 54.6 Å². The average Bonchev–Trinajstić information content (AvgIpc) is 2.81. The summed E-state index contributed by atoms with van der Waals surface area (Å²) in [5.74, 6) is -0.410. The number of rotatable bonds is 4. The van der Waals surface area contributed by atoms with Crippen LogP contribution in [-0.4, -0.2) is 10.5 Å². The first-order valence-corrected chi connectivity index (χ1v) is 8.16. The second-order valence-electron chi connectivity index (χ2n) is 5.86. The minimum atomic E-state index is -0.410. The van der Waals surface area contributed by atoms with Crippen LogP contribution in [0.5, 0.6) is 0 Å². The molecule has 1 heterocycles. The number of benzene rings is 2. The van der Waals surface area contributed by atoms with Gasteiger partial charge in [0, 0.05) is 28.5 Å². The molecule has 0 bridgehead atoms. The summed E-state index contributed by atoms with van der Waals surface area (Å²) < 4.78 is 2.14. The molecule has 3 aromatic rings. The highest BCUT2D eigenvalue weighted by atomic mass is 35.5. The maximum atomic E-state index is 12.1. The zero-order chi connectivity index (χ0) is 17.3. The molecule has 24 heavy (non-hydrogen) atoms. The molecule has 0 fully saturated rings. The highest BCUT2D eigenvalue weighted by Gasteiger charge is 2.22. The van der Waals surface area contributed by atoms with Crippen LogP contribution in [0.4, 0.5) is 0 Å². The van der Waals surface area contributed by atoms with Gasteiger partial charge in [0.15, 0.2) is 0 Å². The summed E-state index contributed by atoms with van der Waals surface area (Å²) in [4.78, 5) is 12.1. The lowest BCUT2D eigenvalue weighted by Crippen LogP contribution is -2.13. The third-order valence-corrected chi connectivity index (χ3v) is 4.60. The van der Waals surface area contributed by atoms with Crippen molar-refractivity contribution in [1.29, 1.82) is 0 Å². The van der Waals surface area contributed by atoms with E-state index < -0.39 is 5.91 Å². The summed E-state index contributed by atoms with van der Waals surface area (Å²) in [5, 5.41) is 0.664. The van der Waals surface area contributed by atoms with Crippen molar-refractivity contribution in [3.8, 4) is 11.1 Å². The summed E-state index contributed by atoms with van der Waals surface area (Å²) in [7, 11) is 0. The van der Waals surface area contributed by atoms with Gasteiger partial charge in [0.1, 0.15) is 0 Å². The van der Waals surface area contributed by atoms with E-state index in [1.54, 1.807) is 0 Å². The Bertz CT molecular complexity index is 880. The van der Waals surface area contributed by atoms with E-state index in [2.05, 4.69) is 16.7 Å². The van der Waals surface area contributed by atoms with Crippen molar-refractivity contribution in [2.24, 2.45) is 5.73 Å². The molecule has 1 aromatic heterocycles. The Morgan fingerprint density at radius 3 is 2.21 bits per heavy atom. The fraction of sp³-hybridized carbons (Fsp3) is 0.150. The lowest BCUT2D eigenvalue weighted by molar-refractivity contribution is 0.1000. The van der Waals surface area contributed by atoms with Crippen molar-refractivity contribution < 1.29 is 4.79 Å². The molecule has 0 atom stereocenters. The molecule has 2 N–H and O–H groups in total. The molecule has 3 rings (SSSR count). The van der Waals surface area contributed by atoms with Crippen molar-refractivity contribution >= 4 is 17.5 Å². The van der Waals surface area contributed by atoms with Crippen molar-refractivity contribution in [1.82, 2.24) is 4.57 Å². The summed E-state index contributed by atoms with van der Waals surface area (Å²) in [6, 6.07) is 17.7. The molecule has 0 aliphatic heterocycles. The van der Waals surface area contributed by atoms with Gasteiger partial charge in [-0.3, -0.25) is 4.79 Å². The third-order valence-electron chi connectivity index (χ3n) is 4.35. The van der Waals surface area contributed by atoms with Gasteiger partial charge in [0.25, 0.3) is 5.91 Å². The van der Waals surface area contributed by atoms with Crippen molar-refractivity contribution in [3.63, 3.8) is 0 Å². The van der Waals surface area contributed by atoms with Gasteiger partial charge in [-0.25, -0.2) is 0 Å². The predicted octanol–water partition coefficient (Wildman–Crippen LogP) is 4.57. The van der Waals surface area contributed by atoms with Crippen LogP contribution in [0.2, 0.25) is 5.02 Å². The smallest absolute Gasteiger partial charge is 0.251 e. The van der Waals surface area contributed by atoms with Gasteiger partial charge in [-0.05, 0) is 37.1 Å². The van der Waals surface area contributed by atoms with Crippen LogP contribution in [-0.2, 0) is 6.54 Å². The zero-order valence-electron chi connectivity index (χ0n) is 13.7. The monoisotopic (exact) mass is 338 g/mol. The van der Waals surface area contributed by atoms with Crippen LogP contribution in [0.25, 0.3) is 11.1 Å². The molecule has 2 aromatic carbocycles. The van der Waals surface area contributed by atoms with Gasteiger partial charge in [0.2, 0.25) is 0 Å². The van der Waals surface area contributed by atoms with Crippen LogP contribution in [0.1, 0.15) is 27.3 Å². The summed E-state index contributed by atoms with van der Waals surface area (Å²) in [5.41, 5.74) is 11.2. The molecular weight excluding hydrogens is 320 g/mol. The SMILES string of the molecule is Cc1c(C(N)=O)c(-c2ccc(Cl)cc2)c(C)n1Cc1ccccc1. The first kappa shape index (κ1) is 16.3. The predicted molar refractivity (Wildman–Crippen MR) is 98.4 cm³/mol. The van der Waals surface area contributed by atoms with Gasteiger partial charge in [-0.2, -0.15) is 0 Å². The molecule has 3 nitrogen and oxygen atoms in total. The number of nitrogens with two attached hydrogens (primary N) is 1. The Morgan fingerprint density at radius 1 is 1.00 bits per heavy atom. The number of halogens is 1. The van der Waals surface area contributed by atoms with Gasteiger partial charge in [-0.15, -0.1) is 0 Å². The second kappa shape index (κ2) is 6.54. The minimum absolute atomic E-state index is 0.410. The molecule has 1 amide bonds. The van der Waals surface area contributed by atoms with Gasteiger partial charge in [-0.1, -0.05) is 54.1 Å². The summed E-state index contributed by atoms with van der Waals surface area (Å²) >= 11 is 5.99. The van der Waals surface area contributed by atoms with E-state index in [1.807, 2.05) is 56.3 Å². The van der Waals surface area contributed by atoms with Crippen LogP contribution >= 0.6 is 11.6 Å². The normalized spacial score (nSPS) is 10.8. The highest BCUT2D eigenvalue weighted by molar-refractivity contribution is 6.30. The first-order chi connectivity index (χ1) is 11.5. The van der Waals surface area contributed by atoms with Gasteiger partial charge >= 0.3 is 0 Å². The number of aromatic nitrogens is 1. The van der Waals surface area contributed by atoms with E-state index in [0.29, 0.717) is 17.1 Å². The fourth-order valence-corrected chi connectivity index (χ4v) is 3.28. The molecule has 0 saturated heterocycles. The quantitative estimate of drug-likeness (QED) is 0.744. The lowest BCUT2D eigenvalue weighted by atomic mass is 10.0. The maximum Gasteiger partial charge on any atom is 0.251 e. The lowest BCUT2D eigenvalue weighted by Gasteiger charge is -2.10.